The molecule has 0 aliphatic rings. The second-order valence-electron chi connectivity index (χ2n) is 12.5. The van der Waals surface area contributed by atoms with Crippen LogP contribution in [0.3, 0.4) is 0 Å². The molecule has 0 spiro atoms. The van der Waals surface area contributed by atoms with E-state index in [-0.39, 0.29) is 48.8 Å². The van der Waals surface area contributed by atoms with E-state index in [2.05, 4.69) is 35.0 Å². The average Bonchev–Trinajstić information content (AvgIpc) is 3.08. The van der Waals surface area contributed by atoms with Gasteiger partial charge in [0.15, 0.2) is 6.08 Å². The molecule has 1 unspecified atom stereocenters. The zero-order chi connectivity index (χ0) is 40.9. The van der Waals surface area contributed by atoms with Gasteiger partial charge in [-0.05, 0) is 32.1 Å². The SMILES string of the molecule is [2H]C([2H])(OC(=O)CCCCCCCCCCCCCCCC)[C@@]([2H])(OC(=O)CCCCCCC/C=C/CCCC)C([2H])([2H])OP(=O)(O)OC[C@H](N)C(=O)O.[Na]. The second-order valence-corrected chi connectivity index (χ2v) is 13.9. The molecule has 289 valence electrons. The smallest absolute Gasteiger partial charge is 0.472 e. The fourth-order valence-corrected chi connectivity index (χ4v) is 5.44. The number of carbonyl (C=O) groups excluding carboxylic acids is 2. The van der Waals surface area contributed by atoms with Gasteiger partial charge < -0.3 is 25.2 Å². The van der Waals surface area contributed by atoms with Crippen LogP contribution in [0.25, 0.3) is 0 Å². The Morgan fingerprint density at radius 2 is 1.14 bits per heavy atom. The number of esters is 2. The minimum absolute atomic E-state index is 0. The van der Waals surface area contributed by atoms with Gasteiger partial charge >= 0.3 is 25.7 Å². The van der Waals surface area contributed by atoms with E-state index in [4.69, 9.17) is 27.2 Å². The Balaban J connectivity index is 0. The normalized spacial score (nSPS) is 16.4. The molecule has 0 aromatic rings. The number of rotatable bonds is 36. The van der Waals surface area contributed by atoms with E-state index < -0.39 is 57.6 Å². The molecule has 1 radical (unpaired) electrons. The van der Waals surface area contributed by atoms with Crippen molar-refractivity contribution < 1.29 is 54.3 Å². The number of carboxylic acid groups (broad SMARTS) is 1. The van der Waals surface area contributed by atoms with E-state index in [1.165, 1.54) is 51.4 Å². The molecule has 0 saturated heterocycles. The van der Waals surface area contributed by atoms with Gasteiger partial charge in [-0.3, -0.25) is 23.4 Å². The molecule has 0 saturated carbocycles. The minimum Gasteiger partial charge on any atom is -0.480 e. The number of hydrogen-bond acceptors (Lipinski definition) is 9. The maximum atomic E-state index is 12.8. The van der Waals surface area contributed by atoms with Crippen molar-refractivity contribution in [2.75, 3.05) is 19.7 Å². The molecular weight excluding hydrogens is 672 g/mol. The van der Waals surface area contributed by atoms with E-state index in [1.807, 2.05) is 0 Å². The quantitative estimate of drug-likeness (QED) is 0.0184. The van der Waals surface area contributed by atoms with Gasteiger partial charge in [-0.1, -0.05) is 142 Å². The van der Waals surface area contributed by atoms with E-state index in [9.17, 15) is 23.8 Å². The van der Waals surface area contributed by atoms with Crippen molar-refractivity contribution in [1.82, 2.24) is 0 Å². The van der Waals surface area contributed by atoms with E-state index >= 15 is 0 Å². The Morgan fingerprint density at radius 3 is 1.64 bits per heavy atom. The van der Waals surface area contributed by atoms with Crippen LogP contribution < -0.4 is 5.73 Å². The zero-order valence-corrected chi connectivity index (χ0v) is 34.2. The maximum absolute atomic E-state index is 12.8. The van der Waals surface area contributed by atoms with Gasteiger partial charge in [0, 0.05) is 42.4 Å². The third-order valence-electron chi connectivity index (χ3n) is 7.84. The third kappa shape index (κ3) is 35.6. The van der Waals surface area contributed by atoms with Crippen molar-refractivity contribution in [1.29, 1.82) is 0 Å². The molecular formula is C37H70NNaO10P. The first kappa shape index (κ1) is 42.0. The molecule has 11 nitrogen and oxygen atoms in total. The van der Waals surface area contributed by atoms with Crippen LogP contribution in [-0.4, -0.2) is 89.3 Å². The van der Waals surface area contributed by atoms with Crippen molar-refractivity contribution in [3.63, 3.8) is 0 Å². The average molecular weight is 748 g/mol. The van der Waals surface area contributed by atoms with Gasteiger partial charge in [-0.2, -0.15) is 0 Å². The van der Waals surface area contributed by atoms with Crippen LogP contribution in [0.1, 0.15) is 181 Å². The van der Waals surface area contributed by atoms with Gasteiger partial charge in [0.1, 0.15) is 12.6 Å². The van der Waals surface area contributed by atoms with Crippen molar-refractivity contribution in [2.24, 2.45) is 5.73 Å². The predicted molar refractivity (Wildman–Crippen MR) is 200 cm³/mol. The third-order valence-corrected chi connectivity index (χ3v) is 8.64. The number of nitrogens with two attached hydrogens (primary N) is 1. The number of phosphoric ester groups is 1. The molecule has 0 aliphatic carbocycles. The Labute approximate surface area is 332 Å². The first-order valence-electron chi connectivity index (χ1n) is 21.2. The Hall–Kier alpha value is -0.780. The summed E-state index contributed by atoms with van der Waals surface area (Å²) in [6.07, 6.45) is 22.8. The number of carbonyl (C=O) groups is 3. The summed E-state index contributed by atoms with van der Waals surface area (Å²) in [5, 5.41) is 8.91. The number of carboxylic acids is 1. The molecule has 0 rings (SSSR count). The summed E-state index contributed by atoms with van der Waals surface area (Å²) < 4.78 is 73.2. The summed E-state index contributed by atoms with van der Waals surface area (Å²) in [4.78, 5) is 46.6. The Bertz CT molecular complexity index is 1120. The number of aliphatic carboxylic acids is 1. The van der Waals surface area contributed by atoms with Gasteiger partial charge in [0.05, 0.1) is 20.0 Å². The van der Waals surface area contributed by atoms with Crippen molar-refractivity contribution in [3.8, 4) is 0 Å². The van der Waals surface area contributed by atoms with Crippen molar-refractivity contribution in [2.45, 2.75) is 186 Å². The van der Waals surface area contributed by atoms with Gasteiger partial charge in [-0.15, -0.1) is 0 Å². The monoisotopic (exact) mass is 747 g/mol. The molecule has 0 amide bonds. The molecule has 0 aromatic heterocycles. The number of hydrogen-bond donors (Lipinski definition) is 3. The summed E-state index contributed by atoms with van der Waals surface area (Å²) in [5.41, 5.74) is 5.26. The molecule has 0 heterocycles. The number of unbranched alkanes of at least 4 members (excludes halogenated alkanes) is 20. The van der Waals surface area contributed by atoms with Crippen LogP contribution in [-0.2, 0) is 37.5 Å². The van der Waals surface area contributed by atoms with Gasteiger partial charge in [-0.25, -0.2) is 4.57 Å². The Kier molecular flexibility index (Phi) is 30.7. The molecule has 0 aromatic carbocycles. The molecule has 4 N–H and O–H groups in total. The van der Waals surface area contributed by atoms with Gasteiger partial charge in [0.25, 0.3) is 0 Å². The summed E-state index contributed by atoms with van der Waals surface area (Å²) in [5.74, 6) is -3.98. The predicted octanol–water partition coefficient (Wildman–Crippen LogP) is 8.95. The van der Waals surface area contributed by atoms with E-state index in [0.29, 0.717) is 19.3 Å². The van der Waals surface area contributed by atoms with Crippen LogP contribution in [0.5, 0.6) is 0 Å². The van der Waals surface area contributed by atoms with E-state index in [1.54, 1.807) is 0 Å². The molecule has 50 heavy (non-hydrogen) atoms. The molecule has 0 bridgehead atoms. The number of allylic oxidation sites excluding steroid dienone is 2. The fraction of sp³-hybridized carbons (Fsp3) is 0.865. The summed E-state index contributed by atoms with van der Waals surface area (Å²) in [7, 11) is -5.59. The van der Waals surface area contributed by atoms with Crippen LogP contribution in [0.15, 0.2) is 12.2 Å². The molecule has 13 heteroatoms. The summed E-state index contributed by atoms with van der Waals surface area (Å²) in [6.45, 7) is -4.46. The van der Waals surface area contributed by atoms with Crippen LogP contribution in [0, 0.1) is 0 Å². The zero-order valence-electron chi connectivity index (χ0n) is 36.3. The second kappa shape index (κ2) is 36.6. The minimum atomic E-state index is -5.59. The van der Waals surface area contributed by atoms with Crippen molar-refractivity contribution >= 4 is 55.3 Å². The molecule has 0 fully saturated rings. The summed E-state index contributed by atoms with van der Waals surface area (Å²) >= 11 is 0. The fourth-order valence-electron chi connectivity index (χ4n) is 4.84. The maximum Gasteiger partial charge on any atom is 0.472 e. The van der Waals surface area contributed by atoms with Crippen molar-refractivity contribution in [3.05, 3.63) is 12.2 Å². The standard InChI is InChI=1S/C37H70NO10P.Na/c1-3-5-7-9-11-13-15-16-17-19-20-22-24-26-28-35(39)45-30-33(31-46-49(43,44)47-32-34(38)37(41)42)48-36(40)29-27-25-23-21-18-14-12-10-8-6-4-2;/h10,12,33-34H,3-9,11,13-32,38H2,1-2H3,(H,41,42)(H,43,44);/b12-10+;/t33-,34+;/m1./s1/i30D2,31D2,33D;. The first-order chi connectivity index (χ1) is 25.4. The number of phosphoric acid groups is 1. The van der Waals surface area contributed by atoms with Crippen LogP contribution in [0.2, 0.25) is 0 Å². The largest absolute Gasteiger partial charge is 0.480 e. The summed E-state index contributed by atoms with van der Waals surface area (Å²) in [6, 6.07) is -1.80. The first-order valence-corrected chi connectivity index (χ1v) is 20.2. The van der Waals surface area contributed by atoms with Crippen LogP contribution >= 0.6 is 7.82 Å². The van der Waals surface area contributed by atoms with E-state index in [0.717, 1.165) is 70.6 Å². The molecule has 0 aliphatic heterocycles. The topological polar surface area (TPSA) is 172 Å². The number of ether oxygens (including phenoxy) is 2. The van der Waals surface area contributed by atoms with Crippen LogP contribution in [0.4, 0.5) is 0 Å². The molecule has 3 atom stereocenters. The Morgan fingerprint density at radius 1 is 0.700 bits per heavy atom. The van der Waals surface area contributed by atoms with Gasteiger partial charge in [0.2, 0.25) is 0 Å².